The minimum Gasteiger partial charge on any atom is -0.288 e. The molecule has 0 aliphatic carbocycles. The van der Waals surface area contributed by atoms with Crippen LogP contribution in [0.3, 0.4) is 0 Å². The zero-order valence-electron chi connectivity index (χ0n) is 17.6. The lowest BCUT2D eigenvalue weighted by atomic mass is 9.92. The topological polar surface area (TPSA) is 32.3 Å². The van der Waals surface area contributed by atoms with Gasteiger partial charge >= 0.3 is 6.18 Å². The Morgan fingerprint density at radius 3 is 2.27 bits per heavy atom. The van der Waals surface area contributed by atoms with E-state index in [0.717, 1.165) is 35.2 Å². The summed E-state index contributed by atoms with van der Waals surface area (Å²) in [7, 11) is 0. The second-order valence-corrected chi connectivity index (χ2v) is 8.15. The van der Waals surface area contributed by atoms with Crippen molar-refractivity contribution in [1.29, 1.82) is 0 Å². The summed E-state index contributed by atoms with van der Waals surface area (Å²) in [5, 5.41) is 2.52. The van der Waals surface area contributed by atoms with E-state index in [1.165, 1.54) is 32.1 Å². The number of nitrogens with zero attached hydrogens (tertiary/aromatic N) is 1. The number of alkyl halides is 3. The summed E-state index contributed by atoms with van der Waals surface area (Å²) in [6, 6.07) is 8.91. The third-order valence-electron chi connectivity index (χ3n) is 5.86. The van der Waals surface area contributed by atoms with Crippen LogP contribution in [-0.2, 0) is 11.2 Å². The van der Waals surface area contributed by atoms with E-state index in [9.17, 15) is 18.0 Å². The first-order valence-electron chi connectivity index (χ1n) is 11.0. The van der Waals surface area contributed by atoms with Crippen molar-refractivity contribution in [3.63, 3.8) is 0 Å². The van der Waals surface area contributed by atoms with Gasteiger partial charge in [-0.15, -0.1) is 0 Å². The predicted octanol–water partition coefficient (Wildman–Crippen LogP) is 6.47. The van der Waals surface area contributed by atoms with Gasteiger partial charge in [-0.2, -0.15) is 13.2 Å². The highest BCUT2D eigenvalue weighted by molar-refractivity contribution is 5.89. The van der Waals surface area contributed by atoms with Crippen LogP contribution < -0.4 is 5.43 Å². The molecule has 3 nitrogen and oxygen atoms in total. The summed E-state index contributed by atoms with van der Waals surface area (Å²) in [4.78, 5) is 11.5. The maximum absolute atomic E-state index is 14.0. The molecular weight excluding hydrogens is 389 g/mol. The van der Waals surface area contributed by atoms with Gasteiger partial charge in [0, 0.05) is 13.0 Å². The van der Waals surface area contributed by atoms with Gasteiger partial charge in [-0.1, -0.05) is 81.8 Å². The number of nitrogens with one attached hydrogen (secondary N) is 1. The maximum atomic E-state index is 14.0. The van der Waals surface area contributed by atoms with E-state index < -0.39 is 12.2 Å². The summed E-state index contributed by atoms with van der Waals surface area (Å²) >= 11 is 0. The van der Waals surface area contributed by atoms with E-state index in [1.54, 1.807) is 18.2 Å². The Morgan fingerprint density at radius 2 is 1.63 bits per heavy atom. The number of carbonyl (C=O) groups excluding carboxylic acids is 1. The number of benzene rings is 2. The van der Waals surface area contributed by atoms with Crippen molar-refractivity contribution in [3.05, 3.63) is 47.5 Å². The van der Waals surface area contributed by atoms with E-state index in [-0.39, 0.29) is 24.4 Å². The molecule has 1 aliphatic heterocycles. The Hall–Kier alpha value is -2.08. The number of fused-ring (bicyclic) bond motifs is 1. The molecule has 1 unspecified atom stereocenters. The molecule has 1 amide bonds. The maximum Gasteiger partial charge on any atom is 0.409 e. The van der Waals surface area contributed by atoms with Gasteiger partial charge in [-0.3, -0.25) is 10.2 Å². The van der Waals surface area contributed by atoms with E-state index in [0.29, 0.717) is 5.39 Å². The monoisotopic (exact) mass is 420 g/mol. The van der Waals surface area contributed by atoms with Crippen molar-refractivity contribution in [3.8, 4) is 0 Å². The molecule has 164 valence electrons. The van der Waals surface area contributed by atoms with Gasteiger partial charge < -0.3 is 0 Å². The first kappa shape index (κ1) is 22.6. The van der Waals surface area contributed by atoms with Crippen LogP contribution in [0.4, 0.5) is 13.2 Å². The van der Waals surface area contributed by atoms with Crippen molar-refractivity contribution in [2.24, 2.45) is 0 Å². The zero-order valence-corrected chi connectivity index (χ0v) is 17.6. The van der Waals surface area contributed by atoms with Crippen LogP contribution >= 0.6 is 0 Å². The molecule has 1 N–H and O–H groups in total. The molecule has 1 atom stereocenters. The van der Waals surface area contributed by atoms with Gasteiger partial charge in [-0.05, 0) is 34.7 Å². The molecule has 0 radical (unpaired) electrons. The number of unbranched alkanes of at least 4 members (excludes halogenated alkanes) is 6. The van der Waals surface area contributed by atoms with E-state index >= 15 is 0 Å². The Kier molecular flexibility index (Phi) is 7.75. The fraction of sp³-hybridized carbons (Fsp3) is 0.542. The molecule has 0 saturated carbocycles. The summed E-state index contributed by atoms with van der Waals surface area (Å²) < 4.78 is 42.0. The molecule has 0 bridgehead atoms. The Bertz CT molecular complexity index is 850. The lowest BCUT2D eigenvalue weighted by Gasteiger charge is -2.30. The number of aryl methyl sites for hydroxylation is 1. The van der Waals surface area contributed by atoms with Crippen molar-refractivity contribution >= 4 is 16.7 Å². The first-order chi connectivity index (χ1) is 14.4. The minimum absolute atomic E-state index is 0.0527. The zero-order chi connectivity index (χ0) is 21.6. The van der Waals surface area contributed by atoms with Crippen LogP contribution in [0.15, 0.2) is 36.4 Å². The van der Waals surface area contributed by atoms with Crippen molar-refractivity contribution in [2.75, 3.05) is 6.54 Å². The highest BCUT2D eigenvalue weighted by atomic mass is 19.4. The van der Waals surface area contributed by atoms with Crippen molar-refractivity contribution in [2.45, 2.75) is 76.9 Å². The molecule has 1 saturated heterocycles. The number of halogens is 3. The van der Waals surface area contributed by atoms with E-state index in [4.69, 9.17) is 0 Å². The third-order valence-corrected chi connectivity index (χ3v) is 5.86. The Labute approximate surface area is 176 Å². The predicted molar refractivity (Wildman–Crippen MR) is 114 cm³/mol. The molecule has 2 aromatic rings. The molecule has 3 rings (SSSR count). The molecule has 30 heavy (non-hydrogen) atoms. The van der Waals surface area contributed by atoms with Crippen LogP contribution in [0, 0.1) is 0 Å². The molecule has 0 aromatic heterocycles. The number of hydrogen-bond donors (Lipinski definition) is 1. The molecule has 6 heteroatoms. The van der Waals surface area contributed by atoms with Crippen LogP contribution in [0.5, 0.6) is 0 Å². The number of amides is 1. The van der Waals surface area contributed by atoms with Gasteiger partial charge in [0.05, 0.1) is 0 Å². The highest BCUT2D eigenvalue weighted by Gasteiger charge is 2.47. The summed E-state index contributed by atoms with van der Waals surface area (Å²) in [6.45, 7) is 2.26. The van der Waals surface area contributed by atoms with Gasteiger partial charge in [0.2, 0.25) is 5.91 Å². The van der Waals surface area contributed by atoms with Gasteiger partial charge in [0.15, 0.2) is 6.04 Å². The number of hydrogen-bond acceptors (Lipinski definition) is 2. The molecular formula is C24H31F3N2O. The number of carbonyl (C=O) groups is 1. The van der Waals surface area contributed by atoms with Gasteiger partial charge in [0.1, 0.15) is 0 Å². The quantitative estimate of drug-likeness (QED) is 0.447. The van der Waals surface area contributed by atoms with Gasteiger partial charge in [-0.25, -0.2) is 5.01 Å². The van der Waals surface area contributed by atoms with Crippen molar-refractivity contribution < 1.29 is 18.0 Å². The second-order valence-electron chi connectivity index (χ2n) is 8.15. The summed E-state index contributed by atoms with van der Waals surface area (Å²) in [6.07, 6.45) is 4.91. The largest absolute Gasteiger partial charge is 0.409 e. The first-order valence-corrected chi connectivity index (χ1v) is 11.0. The lowest BCUT2D eigenvalue weighted by molar-refractivity contribution is -0.190. The molecule has 0 spiro atoms. The summed E-state index contributed by atoms with van der Waals surface area (Å²) in [5.41, 5.74) is 3.67. The molecule has 1 aliphatic rings. The lowest BCUT2D eigenvalue weighted by Crippen LogP contribution is -2.43. The number of rotatable bonds is 10. The highest BCUT2D eigenvalue weighted by Crippen LogP contribution is 2.41. The second kappa shape index (κ2) is 10.3. The van der Waals surface area contributed by atoms with E-state index in [1.807, 2.05) is 18.2 Å². The minimum atomic E-state index is -4.49. The van der Waals surface area contributed by atoms with Crippen LogP contribution in [-0.4, -0.2) is 23.6 Å². The number of hydrazine groups is 1. The smallest absolute Gasteiger partial charge is 0.288 e. The molecule has 1 fully saturated rings. The van der Waals surface area contributed by atoms with Gasteiger partial charge in [0.25, 0.3) is 0 Å². The standard InChI is InChI=1S/C24H31F3N2O/c1-2-3-4-5-6-7-8-11-18-14-15-21(20-13-10-9-12-19(18)20)23(24(25,26)27)29-17-16-22(30)28-29/h9-10,12-15,23H,2-8,11,16-17H2,1H3,(H,28,30). The average molecular weight is 421 g/mol. The fourth-order valence-electron chi connectivity index (χ4n) is 4.32. The molecule has 1 heterocycles. The van der Waals surface area contributed by atoms with Crippen LogP contribution in [0.2, 0.25) is 0 Å². The summed E-state index contributed by atoms with van der Waals surface area (Å²) in [5.74, 6) is -0.371. The van der Waals surface area contributed by atoms with Crippen LogP contribution in [0.25, 0.3) is 10.8 Å². The Balaban J connectivity index is 1.80. The average Bonchev–Trinajstić information content (AvgIpc) is 3.13. The normalized spacial score (nSPS) is 16.2. The molecule has 2 aromatic carbocycles. The fourth-order valence-corrected chi connectivity index (χ4v) is 4.32. The third kappa shape index (κ3) is 5.54. The van der Waals surface area contributed by atoms with E-state index in [2.05, 4.69) is 12.3 Å². The van der Waals surface area contributed by atoms with Crippen LogP contribution in [0.1, 0.15) is 75.5 Å². The van der Waals surface area contributed by atoms with Crippen molar-refractivity contribution in [1.82, 2.24) is 10.4 Å². The SMILES string of the molecule is CCCCCCCCCc1ccc(C(N2CCC(=O)N2)C(F)(F)F)c2ccccc12. The Morgan fingerprint density at radius 1 is 0.967 bits per heavy atom.